The van der Waals surface area contributed by atoms with Crippen molar-refractivity contribution in [2.45, 2.75) is 6.61 Å². The van der Waals surface area contributed by atoms with Crippen LogP contribution in [0.2, 0.25) is 5.02 Å². The average molecular weight is 544 g/mol. The number of anilines is 2. The maximum Gasteiger partial charge on any atom is 0.285 e. The van der Waals surface area contributed by atoms with E-state index in [0.29, 0.717) is 62.1 Å². The van der Waals surface area contributed by atoms with Crippen molar-refractivity contribution in [3.8, 4) is 17.6 Å². The molecule has 0 bridgehead atoms. The molecule has 1 aliphatic heterocycles. The number of nitrogens with one attached hydrogen (secondary N) is 1. The molecule has 6 rings (SSSR count). The first-order chi connectivity index (χ1) is 18.9. The molecule has 2 unspecified atom stereocenters. The number of hydrogen-bond acceptors (Lipinski definition) is 7. The molecule has 2 fully saturated rings. The Bertz CT molecular complexity index is 1660. The third-order valence-electron chi connectivity index (χ3n) is 7.18. The molecule has 0 amide bonds. The number of ether oxygens (including phenoxy) is 1. The van der Waals surface area contributed by atoms with E-state index in [1.54, 1.807) is 36.4 Å². The van der Waals surface area contributed by atoms with Gasteiger partial charge in [0.25, 0.3) is 5.69 Å². The van der Waals surface area contributed by atoms with Crippen LogP contribution in [0.15, 0.2) is 60.9 Å². The molecule has 0 radical (unpaired) electrons. The van der Waals surface area contributed by atoms with E-state index in [0.717, 1.165) is 13.1 Å². The maximum absolute atomic E-state index is 13.4. The summed E-state index contributed by atoms with van der Waals surface area (Å²) in [6, 6.07) is 14.4. The van der Waals surface area contributed by atoms with Crippen LogP contribution in [-0.2, 0) is 6.61 Å². The lowest BCUT2D eigenvalue weighted by Crippen LogP contribution is -2.18. The summed E-state index contributed by atoms with van der Waals surface area (Å²) >= 11 is 6.43. The van der Waals surface area contributed by atoms with Gasteiger partial charge in [0.05, 0.1) is 15.5 Å². The highest BCUT2D eigenvalue weighted by molar-refractivity contribution is 6.32. The van der Waals surface area contributed by atoms with Crippen molar-refractivity contribution in [2.75, 3.05) is 25.5 Å². The molecule has 2 atom stereocenters. The highest BCUT2D eigenvalue weighted by atomic mass is 35.5. The van der Waals surface area contributed by atoms with Crippen molar-refractivity contribution in [3.05, 3.63) is 93.0 Å². The predicted molar refractivity (Wildman–Crippen MR) is 147 cm³/mol. The van der Waals surface area contributed by atoms with Gasteiger partial charge in [-0.25, -0.2) is 14.4 Å². The number of benzene rings is 3. The molecule has 1 aromatic heterocycles. The summed E-state index contributed by atoms with van der Waals surface area (Å²) in [5.41, 5.74) is 2.08. The first-order valence-corrected chi connectivity index (χ1v) is 12.8. The van der Waals surface area contributed by atoms with Crippen LogP contribution in [-0.4, -0.2) is 39.9 Å². The maximum atomic E-state index is 13.4. The third-order valence-corrected chi connectivity index (χ3v) is 7.47. The fourth-order valence-corrected chi connectivity index (χ4v) is 5.41. The monoisotopic (exact) mass is 543 g/mol. The van der Waals surface area contributed by atoms with Crippen molar-refractivity contribution in [2.24, 2.45) is 17.8 Å². The van der Waals surface area contributed by atoms with Gasteiger partial charge in [0, 0.05) is 36.1 Å². The number of aromatic nitrogens is 2. The second-order valence-corrected chi connectivity index (χ2v) is 10.3. The Kier molecular flexibility index (Phi) is 6.51. The lowest BCUT2D eigenvalue weighted by molar-refractivity contribution is -0.385. The minimum atomic E-state index is -0.427. The fraction of sp³-hybridized carbons (Fsp3) is 0.241. The SMILES string of the molecule is CN1CC2C(C#Cc3cc4ncnc(Nc5ccc(OCc6cccc(F)c6)c(Cl)c5)c4cc3[N+](=O)[O-])C2C1. The van der Waals surface area contributed by atoms with Gasteiger partial charge in [-0.05, 0) is 60.8 Å². The lowest BCUT2D eigenvalue weighted by Gasteiger charge is -2.12. The van der Waals surface area contributed by atoms with Crippen LogP contribution in [0.3, 0.4) is 0 Å². The molecule has 1 saturated carbocycles. The zero-order valence-electron chi connectivity index (χ0n) is 20.9. The van der Waals surface area contributed by atoms with Crippen LogP contribution < -0.4 is 10.1 Å². The van der Waals surface area contributed by atoms with Crippen molar-refractivity contribution >= 4 is 39.7 Å². The molecule has 1 saturated heterocycles. The molecule has 3 aromatic carbocycles. The van der Waals surface area contributed by atoms with E-state index >= 15 is 0 Å². The molecule has 4 aromatic rings. The molecule has 196 valence electrons. The smallest absolute Gasteiger partial charge is 0.285 e. The number of nitrogens with zero attached hydrogens (tertiary/aromatic N) is 4. The molecule has 2 heterocycles. The van der Waals surface area contributed by atoms with E-state index in [4.69, 9.17) is 16.3 Å². The molecule has 39 heavy (non-hydrogen) atoms. The molecule has 2 aliphatic rings. The molecule has 1 N–H and O–H groups in total. The van der Waals surface area contributed by atoms with E-state index in [-0.39, 0.29) is 18.1 Å². The minimum absolute atomic E-state index is 0.0880. The van der Waals surface area contributed by atoms with Gasteiger partial charge in [-0.3, -0.25) is 10.1 Å². The third kappa shape index (κ3) is 5.21. The molecule has 1 aliphatic carbocycles. The Morgan fingerprint density at radius 3 is 2.74 bits per heavy atom. The Balaban J connectivity index is 1.23. The van der Waals surface area contributed by atoms with Gasteiger partial charge in [0.2, 0.25) is 0 Å². The van der Waals surface area contributed by atoms with Gasteiger partial charge in [0.1, 0.15) is 35.9 Å². The largest absolute Gasteiger partial charge is 0.487 e. The number of nitro groups is 1. The second-order valence-electron chi connectivity index (χ2n) is 9.90. The summed E-state index contributed by atoms with van der Waals surface area (Å²) in [4.78, 5) is 22.4. The van der Waals surface area contributed by atoms with E-state index in [1.165, 1.54) is 24.5 Å². The molecular formula is C29H23ClFN5O3. The number of likely N-dealkylation sites (tertiary alicyclic amines) is 1. The molecule has 8 nitrogen and oxygen atoms in total. The first-order valence-electron chi connectivity index (χ1n) is 12.4. The summed E-state index contributed by atoms with van der Waals surface area (Å²) in [5.74, 6) is 8.23. The highest BCUT2D eigenvalue weighted by Gasteiger charge is 2.54. The zero-order valence-corrected chi connectivity index (χ0v) is 21.7. The summed E-state index contributed by atoms with van der Waals surface area (Å²) in [6.07, 6.45) is 1.40. The highest BCUT2D eigenvalue weighted by Crippen LogP contribution is 2.50. The normalized spacial score (nSPS) is 19.7. The van der Waals surface area contributed by atoms with Crippen LogP contribution >= 0.6 is 11.6 Å². The van der Waals surface area contributed by atoms with E-state index in [1.807, 2.05) is 0 Å². The number of nitro benzene ring substituents is 1. The van der Waals surface area contributed by atoms with E-state index in [9.17, 15) is 14.5 Å². The summed E-state index contributed by atoms with van der Waals surface area (Å²) in [5, 5.41) is 15.9. The first kappa shape index (κ1) is 25.0. The Labute approximate surface area is 228 Å². The predicted octanol–water partition coefficient (Wildman–Crippen LogP) is 5.81. The van der Waals surface area contributed by atoms with Gasteiger partial charge in [-0.1, -0.05) is 35.6 Å². The summed E-state index contributed by atoms with van der Waals surface area (Å²) in [6.45, 7) is 2.21. The topological polar surface area (TPSA) is 93.4 Å². The Morgan fingerprint density at radius 1 is 1.18 bits per heavy atom. The Morgan fingerprint density at radius 2 is 2.00 bits per heavy atom. The number of hydrogen-bond donors (Lipinski definition) is 1. The quantitative estimate of drug-likeness (QED) is 0.186. The van der Waals surface area contributed by atoms with E-state index < -0.39 is 4.92 Å². The van der Waals surface area contributed by atoms with Gasteiger partial charge in [-0.15, -0.1) is 0 Å². The zero-order chi connectivity index (χ0) is 27.1. The summed E-state index contributed by atoms with van der Waals surface area (Å²) < 4.78 is 19.2. The van der Waals surface area contributed by atoms with Gasteiger partial charge in [-0.2, -0.15) is 0 Å². The fourth-order valence-electron chi connectivity index (χ4n) is 5.18. The van der Waals surface area contributed by atoms with Crippen LogP contribution in [0.5, 0.6) is 5.75 Å². The lowest BCUT2D eigenvalue weighted by atomic mass is 10.1. The summed E-state index contributed by atoms with van der Waals surface area (Å²) in [7, 11) is 2.10. The minimum Gasteiger partial charge on any atom is -0.487 e. The molecule has 10 heteroatoms. The molecular weight excluding hydrogens is 521 g/mol. The van der Waals surface area contributed by atoms with Gasteiger partial charge < -0.3 is 15.0 Å². The van der Waals surface area contributed by atoms with Crippen LogP contribution in [0, 0.1) is 45.5 Å². The van der Waals surface area contributed by atoms with Crippen LogP contribution in [0.4, 0.5) is 21.6 Å². The molecule has 0 spiro atoms. The van der Waals surface area contributed by atoms with Gasteiger partial charge >= 0.3 is 0 Å². The van der Waals surface area contributed by atoms with Crippen molar-refractivity contribution in [1.29, 1.82) is 0 Å². The number of halogens is 2. The Hall–Kier alpha value is -4.26. The van der Waals surface area contributed by atoms with Crippen molar-refractivity contribution in [3.63, 3.8) is 0 Å². The average Bonchev–Trinajstić information content (AvgIpc) is 3.37. The van der Waals surface area contributed by atoms with Crippen LogP contribution in [0.25, 0.3) is 10.9 Å². The number of piperidine rings is 1. The van der Waals surface area contributed by atoms with Crippen molar-refractivity contribution < 1.29 is 14.1 Å². The standard InChI is InChI=1S/C29H23ClFN5O3/c1-35-13-23-21(24(23)14-35)7-5-18-10-26-22(12-27(18)36(37)38)29(33-16-32-26)34-20-6-8-28(25(30)11-20)39-15-17-3-2-4-19(31)9-17/h2-4,6,8-12,16,21,23-24H,13-15H2,1H3,(H,32,33,34). The van der Waals surface area contributed by atoms with Gasteiger partial charge in [0.15, 0.2) is 0 Å². The second kappa shape index (κ2) is 10.1. The van der Waals surface area contributed by atoms with Crippen LogP contribution in [0.1, 0.15) is 11.1 Å². The van der Waals surface area contributed by atoms with Crippen molar-refractivity contribution in [1.82, 2.24) is 14.9 Å². The van der Waals surface area contributed by atoms with E-state index in [2.05, 4.69) is 39.1 Å². The number of fused-ring (bicyclic) bond motifs is 2. The number of rotatable bonds is 6.